The molecule has 0 aliphatic rings. The molecule has 0 saturated heterocycles. The van der Waals surface area contributed by atoms with Crippen LogP contribution in [0.3, 0.4) is 0 Å². The summed E-state index contributed by atoms with van der Waals surface area (Å²) in [6.07, 6.45) is 4.57. The summed E-state index contributed by atoms with van der Waals surface area (Å²) in [6.45, 7) is 2.31. The number of primary amides is 1. The second-order valence-electron chi connectivity index (χ2n) is 6.15. The summed E-state index contributed by atoms with van der Waals surface area (Å²) in [4.78, 5) is 34.3. The molecule has 0 spiro atoms. The van der Waals surface area contributed by atoms with Crippen LogP contribution in [0.15, 0.2) is 61.1 Å². The summed E-state index contributed by atoms with van der Waals surface area (Å²) in [5.74, 6) is -0.184. The van der Waals surface area contributed by atoms with Crippen molar-refractivity contribution in [2.24, 2.45) is 5.73 Å². The number of ether oxygens (including phenoxy) is 1. The number of aromatic nitrogens is 2. The molecule has 30 heavy (non-hydrogen) atoms. The van der Waals surface area contributed by atoms with Crippen LogP contribution in [0.25, 0.3) is 0 Å². The molecular formula is C21H22N6O3. The maximum Gasteiger partial charge on any atom is 0.319 e. The van der Waals surface area contributed by atoms with Gasteiger partial charge in [0, 0.05) is 25.0 Å². The Morgan fingerprint density at radius 3 is 2.57 bits per heavy atom. The number of nitrogens with one attached hydrogen (secondary N) is 2. The number of rotatable bonds is 7. The molecule has 0 fully saturated rings. The molecule has 0 radical (unpaired) electrons. The molecule has 154 valence electrons. The fourth-order valence-corrected chi connectivity index (χ4v) is 2.91. The SMILES string of the molecule is CCNC(=O)Nc1ccccc1N(c1ccc(OC)nc1)c1ccncc1C(N)=O. The molecule has 0 unspecified atom stereocenters. The minimum atomic E-state index is -0.626. The van der Waals surface area contributed by atoms with Gasteiger partial charge in [-0.25, -0.2) is 9.78 Å². The Kier molecular flexibility index (Phi) is 6.43. The maximum absolute atomic E-state index is 12.2. The number of methoxy groups -OCH3 is 1. The monoisotopic (exact) mass is 406 g/mol. The van der Waals surface area contributed by atoms with Crippen LogP contribution in [0, 0.1) is 0 Å². The number of nitrogens with zero attached hydrogens (tertiary/aromatic N) is 3. The van der Waals surface area contributed by atoms with Crippen molar-refractivity contribution >= 4 is 34.7 Å². The Hall–Kier alpha value is -4.14. The molecule has 0 aliphatic heterocycles. The van der Waals surface area contributed by atoms with Crippen molar-refractivity contribution in [3.63, 3.8) is 0 Å². The average Bonchev–Trinajstić information content (AvgIpc) is 2.76. The summed E-state index contributed by atoms with van der Waals surface area (Å²) in [6, 6.07) is 12.0. The third-order valence-corrected chi connectivity index (χ3v) is 4.22. The number of urea groups is 1. The largest absolute Gasteiger partial charge is 0.481 e. The lowest BCUT2D eigenvalue weighted by Gasteiger charge is -2.28. The minimum Gasteiger partial charge on any atom is -0.481 e. The molecule has 4 N–H and O–H groups in total. The van der Waals surface area contributed by atoms with E-state index in [1.54, 1.807) is 47.6 Å². The molecule has 9 nitrogen and oxygen atoms in total. The first-order chi connectivity index (χ1) is 14.5. The summed E-state index contributed by atoms with van der Waals surface area (Å²) in [7, 11) is 1.53. The highest BCUT2D eigenvalue weighted by Gasteiger charge is 2.22. The van der Waals surface area contributed by atoms with Crippen LogP contribution in [-0.4, -0.2) is 35.6 Å². The summed E-state index contributed by atoms with van der Waals surface area (Å²) < 4.78 is 5.15. The predicted molar refractivity (Wildman–Crippen MR) is 114 cm³/mol. The molecule has 2 aromatic heterocycles. The maximum atomic E-state index is 12.2. The van der Waals surface area contributed by atoms with Crippen LogP contribution in [-0.2, 0) is 0 Å². The van der Waals surface area contributed by atoms with E-state index in [4.69, 9.17) is 10.5 Å². The summed E-state index contributed by atoms with van der Waals surface area (Å²) in [5, 5.41) is 5.54. The van der Waals surface area contributed by atoms with Gasteiger partial charge in [0.05, 0.1) is 41.6 Å². The second-order valence-corrected chi connectivity index (χ2v) is 6.15. The number of hydrogen-bond acceptors (Lipinski definition) is 6. The van der Waals surface area contributed by atoms with Crippen LogP contribution in [0.5, 0.6) is 5.88 Å². The highest BCUT2D eigenvalue weighted by Crippen LogP contribution is 2.40. The van der Waals surface area contributed by atoms with Crippen molar-refractivity contribution in [1.29, 1.82) is 0 Å². The van der Waals surface area contributed by atoms with Gasteiger partial charge in [-0.3, -0.25) is 9.78 Å². The zero-order valence-electron chi connectivity index (χ0n) is 16.6. The molecule has 0 saturated carbocycles. The first-order valence-electron chi connectivity index (χ1n) is 9.23. The van der Waals surface area contributed by atoms with E-state index < -0.39 is 5.91 Å². The molecular weight excluding hydrogens is 384 g/mol. The van der Waals surface area contributed by atoms with Crippen LogP contribution >= 0.6 is 0 Å². The van der Waals surface area contributed by atoms with Crippen molar-refractivity contribution in [1.82, 2.24) is 15.3 Å². The third-order valence-electron chi connectivity index (χ3n) is 4.22. The van der Waals surface area contributed by atoms with Crippen LogP contribution in [0.1, 0.15) is 17.3 Å². The second kappa shape index (κ2) is 9.37. The van der Waals surface area contributed by atoms with Gasteiger partial charge in [0.1, 0.15) is 0 Å². The van der Waals surface area contributed by atoms with Crippen LogP contribution in [0.2, 0.25) is 0 Å². The van der Waals surface area contributed by atoms with Crippen molar-refractivity contribution in [2.45, 2.75) is 6.92 Å². The summed E-state index contributed by atoms with van der Waals surface area (Å²) >= 11 is 0. The number of para-hydroxylation sites is 2. The van der Waals surface area contributed by atoms with Crippen molar-refractivity contribution in [3.05, 3.63) is 66.6 Å². The van der Waals surface area contributed by atoms with Crippen LogP contribution < -0.4 is 26.0 Å². The molecule has 3 amide bonds. The van der Waals surface area contributed by atoms with E-state index in [1.165, 1.54) is 13.3 Å². The standard InChI is InChI=1S/C21H22N6O3/c1-3-24-21(29)26-16-6-4-5-7-18(16)27(14-8-9-19(30-2)25-12-14)17-10-11-23-13-15(17)20(22)28/h4-13H,3H2,1-2H3,(H2,22,28)(H2,24,26,29). The Morgan fingerprint density at radius 2 is 1.90 bits per heavy atom. The Labute approximate surface area is 173 Å². The molecule has 3 aromatic rings. The smallest absolute Gasteiger partial charge is 0.319 e. The van der Waals surface area contributed by atoms with Gasteiger partial charge in [-0.15, -0.1) is 0 Å². The van der Waals surface area contributed by atoms with E-state index in [9.17, 15) is 9.59 Å². The quantitative estimate of drug-likeness (QED) is 0.554. The van der Waals surface area contributed by atoms with E-state index in [0.29, 0.717) is 35.2 Å². The van der Waals surface area contributed by atoms with Gasteiger partial charge >= 0.3 is 6.03 Å². The van der Waals surface area contributed by atoms with E-state index >= 15 is 0 Å². The van der Waals surface area contributed by atoms with E-state index in [0.717, 1.165) is 0 Å². The van der Waals surface area contributed by atoms with Gasteiger partial charge in [0.15, 0.2) is 0 Å². The minimum absolute atomic E-state index is 0.223. The van der Waals surface area contributed by atoms with Gasteiger partial charge in [0.2, 0.25) is 5.88 Å². The number of nitrogens with two attached hydrogens (primary N) is 1. The molecule has 0 bridgehead atoms. The molecule has 2 heterocycles. The fraction of sp³-hybridized carbons (Fsp3) is 0.143. The van der Waals surface area contributed by atoms with Gasteiger partial charge in [0.25, 0.3) is 5.91 Å². The van der Waals surface area contributed by atoms with Gasteiger partial charge < -0.3 is 26.0 Å². The number of amides is 3. The normalized spacial score (nSPS) is 10.2. The number of benzene rings is 1. The lowest BCUT2D eigenvalue weighted by atomic mass is 10.1. The van der Waals surface area contributed by atoms with Crippen molar-refractivity contribution < 1.29 is 14.3 Å². The lowest BCUT2D eigenvalue weighted by molar-refractivity contribution is 0.100. The fourth-order valence-electron chi connectivity index (χ4n) is 2.91. The average molecular weight is 406 g/mol. The zero-order chi connectivity index (χ0) is 21.5. The zero-order valence-corrected chi connectivity index (χ0v) is 16.6. The first-order valence-corrected chi connectivity index (χ1v) is 9.23. The number of anilines is 4. The number of carbonyl (C=O) groups is 2. The Bertz CT molecular complexity index is 1040. The third kappa shape index (κ3) is 4.46. The molecule has 3 rings (SSSR count). The van der Waals surface area contributed by atoms with Gasteiger partial charge in [-0.05, 0) is 31.2 Å². The first kappa shape index (κ1) is 20.6. The number of carbonyl (C=O) groups excluding carboxylic acids is 2. The highest BCUT2D eigenvalue weighted by molar-refractivity contribution is 6.02. The van der Waals surface area contributed by atoms with Gasteiger partial charge in [-0.2, -0.15) is 0 Å². The van der Waals surface area contributed by atoms with E-state index in [2.05, 4.69) is 20.6 Å². The topological polar surface area (TPSA) is 122 Å². The van der Waals surface area contributed by atoms with Gasteiger partial charge in [-0.1, -0.05) is 12.1 Å². The van der Waals surface area contributed by atoms with E-state index in [1.807, 2.05) is 19.1 Å². The van der Waals surface area contributed by atoms with E-state index in [-0.39, 0.29) is 11.6 Å². The number of hydrogen-bond donors (Lipinski definition) is 3. The molecule has 9 heteroatoms. The lowest BCUT2D eigenvalue weighted by Crippen LogP contribution is -2.29. The van der Waals surface area contributed by atoms with Crippen molar-refractivity contribution in [2.75, 3.05) is 23.9 Å². The van der Waals surface area contributed by atoms with Crippen molar-refractivity contribution in [3.8, 4) is 5.88 Å². The molecule has 0 atom stereocenters. The molecule has 0 aliphatic carbocycles. The Morgan fingerprint density at radius 1 is 1.10 bits per heavy atom. The highest BCUT2D eigenvalue weighted by atomic mass is 16.5. The summed E-state index contributed by atoms with van der Waals surface area (Å²) in [5.41, 5.74) is 8.09. The Balaban J connectivity index is 2.19. The molecule has 1 aromatic carbocycles. The van der Waals surface area contributed by atoms with Crippen LogP contribution in [0.4, 0.5) is 27.5 Å². The number of pyridine rings is 2. The predicted octanol–water partition coefficient (Wildman–Crippen LogP) is 3.20.